The number of H-pyrrole nitrogens is 1. The van der Waals surface area contributed by atoms with Crippen LogP contribution >= 0.6 is 11.6 Å². The van der Waals surface area contributed by atoms with Crippen molar-refractivity contribution in [1.82, 2.24) is 9.97 Å². The number of nitrogens with two attached hydrogens (primary N) is 1. The minimum Gasteiger partial charge on any atom is -0.344 e. The van der Waals surface area contributed by atoms with Crippen molar-refractivity contribution in [3.8, 4) is 11.3 Å². The third-order valence-electron chi connectivity index (χ3n) is 3.56. The molecule has 1 aromatic carbocycles. The first-order chi connectivity index (χ1) is 9.04. The number of hydrogen-bond donors (Lipinski definition) is 2. The van der Waals surface area contributed by atoms with Crippen molar-refractivity contribution < 1.29 is 0 Å². The Balaban J connectivity index is 1.93. The van der Waals surface area contributed by atoms with Gasteiger partial charge >= 0.3 is 0 Å². The van der Waals surface area contributed by atoms with Crippen LogP contribution < -0.4 is 5.73 Å². The molecule has 1 aliphatic rings. The van der Waals surface area contributed by atoms with E-state index < -0.39 is 0 Å². The first-order valence-corrected chi connectivity index (χ1v) is 7.05. The monoisotopic (exact) mass is 275 g/mol. The maximum Gasteiger partial charge on any atom is 0.124 e. The van der Waals surface area contributed by atoms with Gasteiger partial charge in [-0.1, -0.05) is 31.5 Å². The highest BCUT2D eigenvalue weighted by Gasteiger charge is 2.24. The van der Waals surface area contributed by atoms with Crippen LogP contribution in [-0.2, 0) is 6.42 Å². The zero-order valence-electron chi connectivity index (χ0n) is 11.2. The second-order valence-electron chi connectivity index (χ2n) is 5.66. The Labute approximate surface area is 118 Å². The highest BCUT2D eigenvalue weighted by molar-refractivity contribution is 6.30. The number of nitrogens with zero attached hydrogens (tertiary/aromatic N) is 1. The summed E-state index contributed by atoms with van der Waals surface area (Å²) in [6.45, 7) is 4.35. The van der Waals surface area contributed by atoms with Gasteiger partial charge in [-0.3, -0.25) is 0 Å². The van der Waals surface area contributed by atoms with Crippen LogP contribution in [0.3, 0.4) is 0 Å². The molecule has 2 aromatic rings. The van der Waals surface area contributed by atoms with Crippen LogP contribution in [0.2, 0.25) is 5.02 Å². The van der Waals surface area contributed by atoms with E-state index in [9.17, 15) is 0 Å². The maximum absolute atomic E-state index is 6.19. The molecule has 0 spiro atoms. The SMILES string of the molecule is CC(C)CC(N)c1nc2c([nH]1)Cc1cc(Cl)ccc1-2. The summed E-state index contributed by atoms with van der Waals surface area (Å²) in [5, 5.41) is 0.778. The van der Waals surface area contributed by atoms with E-state index in [1.165, 1.54) is 11.1 Å². The topological polar surface area (TPSA) is 54.7 Å². The van der Waals surface area contributed by atoms with Crippen LogP contribution in [0.25, 0.3) is 11.3 Å². The average Bonchev–Trinajstić information content (AvgIpc) is 2.84. The molecule has 0 fully saturated rings. The highest BCUT2D eigenvalue weighted by atomic mass is 35.5. The summed E-state index contributed by atoms with van der Waals surface area (Å²) in [6.07, 6.45) is 1.81. The smallest absolute Gasteiger partial charge is 0.124 e. The van der Waals surface area contributed by atoms with Gasteiger partial charge in [0.05, 0.1) is 11.7 Å². The van der Waals surface area contributed by atoms with Gasteiger partial charge in [0.2, 0.25) is 0 Å². The number of halogens is 1. The van der Waals surface area contributed by atoms with Gasteiger partial charge in [0, 0.05) is 22.7 Å². The lowest BCUT2D eigenvalue weighted by Gasteiger charge is -2.11. The molecule has 1 heterocycles. The molecule has 3 nitrogen and oxygen atoms in total. The molecule has 100 valence electrons. The van der Waals surface area contributed by atoms with Gasteiger partial charge in [0.25, 0.3) is 0 Å². The molecule has 1 unspecified atom stereocenters. The Hall–Kier alpha value is -1.32. The van der Waals surface area contributed by atoms with Gasteiger partial charge in [-0.05, 0) is 30.0 Å². The Morgan fingerprint density at radius 3 is 2.95 bits per heavy atom. The van der Waals surface area contributed by atoms with Crippen LogP contribution in [-0.4, -0.2) is 9.97 Å². The molecule has 0 saturated heterocycles. The van der Waals surface area contributed by atoms with Gasteiger partial charge in [-0.2, -0.15) is 0 Å². The molecule has 19 heavy (non-hydrogen) atoms. The van der Waals surface area contributed by atoms with E-state index in [0.717, 1.165) is 35.1 Å². The van der Waals surface area contributed by atoms with Crippen molar-refractivity contribution in [3.05, 3.63) is 40.3 Å². The van der Waals surface area contributed by atoms with E-state index in [1.807, 2.05) is 18.2 Å². The van der Waals surface area contributed by atoms with E-state index in [-0.39, 0.29) is 6.04 Å². The van der Waals surface area contributed by atoms with Crippen molar-refractivity contribution in [2.45, 2.75) is 32.7 Å². The zero-order valence-corrected chi connectivity index (χ0v) is 12.0. The summed E-state index contributed by atoms with van der Waals surface area (Å²) < 4.78 is 0. The fraction of sp³-hybridized carbons (Fsp3) is 0.400. The van der Waals surface area contributed by atoms with Crippen molar-refractivity contribution in [2.75, 3.05) is 0 Å². The molecule has 0 aliphatic heterocycles. The first kappa shape index (κ1) is 12.7. The van der Waals surface area contributed by atoms with Crippen molar-refractivity contribution in [3.63, 3.8) is 0 Å². The van der Waals surface area contributed by atoms with Crippen LogP contribution in [0, 0.1) is 5.92 Å². The van der Waals surface area contributed by atoms with Gasteiger partial charge in [0.15, 0.2) is 0 Å². The fourth-order valence-corrected chi connectivity index (χ4v) is 2.90. The predicted octanol–water partition coefficient (Wildman–Crippen LogP) is 3.68. The number of hydrogen-bond acceptors (Lipinski definition) is 2. The molecule has 1 aliphatic carbocycles. The summed E-state index contributed by atoms with van der Waals surface area (Å²) in [4.78, 5) is 8.08. The minimum absolute atomic E-state index is 0.0126. The Bertz CT molecular complexity index is 616. The van der Waals surface area contributed by atoms with Crippen molar-refractivity contribution >= 4 is 11.6 Å². The zero-order chi connectivity index (χ0) is 13.6. The fourth-order valence-electron chi connectivity index (χ4n) is 2.71. The number of aromatic amines is 1. The summed E-state index contributed by atoms with van der Waals surface area (Å²) >= 11 is 6.02. The maximum atomic E-state index is 6.19. The average molecular weight is 276 g/mol. The molecule has 0 bridgehead atoms. The summed E-state index contributed by atoms with van der Waals surface area (Å²) in [5.41, 5.74) is 10.8. The highest BCUT2D eigenvalue weighted by Crippen LogP contribution is 2.37. The second kappa shape index (κ2) is 4.66. The number of benzene rings is 1. The number of imidazole rings is 1. The van der Waals surface area contributed by atoms with Gasteiger partial charge in [0.1, 0.15) is 5.82 Å². The molecule has 3 rings (SSSR count). The molecule has 1 atom stereocenters. The Kier molecular flexibility index (Phi) is 3.11. The number of nitrogens with one attached hydrogen (secondary N) is 1. The molecule has 3 N–H and O–H groups in total. The van der Waals surface area contributed by atoms with Crippen LogP contribution in [0.1, 0.15) is 43.4 Å². The predicted molar refractivity (Wildman–Crippen MR) is 78.2 cm³/mol. The standard InChI is InChI=1S/C15H18ClN3/c1-8(2)5-12(17)15-18-13-7-9-6-10(16)3-4-11(9)14(13)19-15/h3-4,6,8,12H,5,7,17H2,1-2H3,(H,18,19). The van der Waals surface area contributed by atoms with E-state index in [2.05, 4.69) is 18.8 Å². The first-order valence-electron chi connectivity index (χ1n) is 6.67. The van der Waals surface area contributed by atoms with Gasteiger partial charge < -0.3 is 10.7 Å². The normalized spacial score (nSPS) is 14.6. The quantitative estimate of drug-likeness (QED) is 0.766. The summed E-state index contributed by atoms with van der Waals surface area (Å²) in [7, 11) is 0. The lowest BCUT2D eigenvalue weighted by Crippen LogP contribution is -2.14. The Morgan fingerprint density at radius 1 is 1.42 bits per heavy atom. The molecule has 0 saturated carbocycles. The van der Waals surface area contributed by atoms with E-state index in [0.29, 0.717) is 5.92 Å². The molecular weight excluding hydrogens is 258 g/mol. The third-order valence-corrected chi connectivity index (χ3v) is 3.80. The van der Waals surface area contributed by atoms with Crippen molar-refractivity contribution in [1.29, 1.82) is 0 Å². The van der Waals surface area contributed by atoms with Gasteiger partial charge in [-0.15, -0.1) is 0 Å². The van der Waals surface area contributed by atoms with Crippen LogP contribution in [0.15, 0.2) is 18.2 Å². The lowest BCUT2D eigenvalue weighted by atomic mass is 10.0. The summed E-state index contributed by atoms with van der Waals surface area (Å²) in [5.74, 6) is 1.47. The molecule has 0 amide bonds. The number of rotatable bonds is 3. The molecular formula is C15H18ClN3. The van der Waals surface area contributed by atoms with E-state index in [1.54, 1.807) is 0 Å². The lowest BCUT2D eigenvalue weighted by molar-refractivity contribution is 0.495. The molecule has 1 aromatic heterocycles. The second-order valence-corrected chi connectivity index (χ2v) is 6.10. The minimum atomic E-state index is -0.0126. The largest absolute Gasteiger partial charge is 0.344 e. The summed E-state index contributed by atoms with van der Waals surface area (Å²) in [6, 6.07) is 5.96. The molecule has 0 radical (unpaired) electrons. The van der Waals surface area contributed by atoms with Crippen LogP contribution in [0.5, 0.6) is 0 Å². The van der Waals surface area contributed by atoms with E-state index in [4.69, 9.17) is 22.3 Å². The van der Waals surface area contributed by atoms with Crippen LogP contribution in [0.4, 0.5) is 0 Å². The number of aromatic nitrogens is 2. The Morgan fingerprint density at radius 2 is 2.21 bits per heavy atom. The van der Waals surface area contributed by atoms with Gasteiger partial charge in [-0.25, -0.2) is 4.98 Å². The number of fused-ring (bicyclic) bond motifs is 3. The third kappa shape index (κ3) is 2.28. The van der Waals surface area contributed by atoms with E-state index >= 15 is 0 Å². The molecule has 4 heteroatoms. The van der Waals surface area contributed by atoms with Crippen molar-refractivity contribution in [2.24, 2.45) is 11.7 Å².